The topological polar surface area (TPSA) is 56.7 Å². The van der Waals surface area contributed by atoms with Crippen LogP contribution in [0.25, 0.3) is 0 Å². The molecule has 5 nitrogen and oxygen atoms in total. The van der Waals surface area contributed by atoms with E-state index in [2.05, 4.69) is 23.7 Å². The number of likely N-dealkylation sites (tertiary alicyclic amines) is 1. The van der Waals surface area contributed by atoms with Crippen LogP contribution in [0.15, 0.2) is 5.38 Å². The van der Waals surface area contributed by atoms with Crippen molar-refractivity contribution in [1.82, 2.24) is 14.8 Å². The molecule has 1 amide bonds. The minimum absolute atomic E-state index is 0.157. The van der Waals surface area contributed by atoms with Gasteiger partial charge in [0, 0.05) is 23.9 Å². The molecule has 1 saturated heterocycles. The second-order valence-corrected chi connectivity index (χ2v) is 8.60. The number of nitrogens with zero attached hydrogens (tertiary/aromatic N) is 3. The number of aliphatic hydroxyl groups is 1. The molecule has 6 heteroatoms. The summed E-state index contributed by atoms with van der Waals surface area (Å²) >= 11 is 1.62. The third-order valence-electron chi connectivity index (χ3n) is 4.80. The monoisotopic (exact) mass is 353 g/mol. The van der Waals surface area contributed by atoms with E-state index in [0.29, 0.717) is 25.9 Å². The zero-order valence-corrected chi connectivity index (χ0v) is 16.4. The Balaban J connectivity index is 2.01. The van der Waals surface area contributed by atoms with Crippen LogP contribution in [-0.2, 0) is 16.9 Å². The number of rotatable bonds is 5. The maximum absolute atomic E-state index is 12.4. The Kier molecular flexibility index (Phi) is 6.04. The van der Waals surface area contributed by atoms with Gasteiger partial charge in [-0.1, -0.05) is 34.6 Å². The molecule has 1 aromatic rings. The first-order valence-corrected chi connectivity index (χ1v) is 9.76. The maximum atomic E-state index is 12.4. The predicted molar refractivity (Wildman–Crippen MR) is 97.9 cm³/mol. The fourth-order valence-electron chi connectivity index (χ4n) is 3.05. The molecule has 2 rings (SSSR count). The van der Waals surface area contributed by atoms with Crippen molar-refractivity contribution in [1.29, 1.82) is 0 Å². The van der Waals surface area contributed by atoms with E-state index in [4.69, 9.17) is 0 Å². The highest BCUT2D eigenvalue weighted by Gasteiger charge is 2.39. The molecule has 1 fully saturated rings. The van der Waals surface area contributed by atoms with Crippen molar-refractivity contribution in [2.75, 3.05) is 26.2 Å². The highest BCUT2D eigenvalue weighted by atomic mass is 32.1. The van der Waals surface area contributed by atoms with Crippen molar-refractivity contribution < 1.29 is 9.90 Å². The number of piperidine rings is 1. The van der Waals surface area contributed by atoms with Crippen molar-refractivity contribution in [3.8, 4) is 0 Å². The van der Waals surface area contributed by atoms with Gasteiger partial charge in [-0.15, -0.1) is 11.3 Å². The van der Waals surface area contributed by atoms with Crippen molar-refractivity contribution in [2.24, 2.45) is 5.41 Å². The van der Waals surface area contributed by atoms with Gasteiger partial charge in [0.25, 0.3) is 0 Å². The van der Waals surface area contributed by atoms with Crippen molar-refractivity contribution in [3.63, 3.8) is 0 Å². The largest absolute Gasteiger partial charge is 0.383 e. The summed E-state index contributed by atoms with van der Waals surface area (Å²) in [6.45, 7) is 14.1. The van der Waals surface area contributed by atoms with Crippen LogP contribution in [-0.4, -0.2) is 52.0 Å². The van der Waals surface area contributed by atoms with Crippen LogP contribution in [0.5, 0.6) is 0 Å². The molecule has 1 aliphatic heterocycles. The smallest absolute Gasteiger partial charge is 0.227 e. The first-order valence-electron chi connectivity index (χ1n) is 8.88. The Morgan fingerprint density at radius 3 is 2.42 bits per heavy atom. The number of carbonyl (C=O) groups is 1. The highest BCUT2D eigenvalue weighted by molar-refractivity contribution is 7.09. The van der Waals surface area contributed by atoms with Gasteiger partial charge in [0.05, 0.1) is 12.2 Å². The Labute approximate surface area is 149 Å². The van der Waals surface area contributed by atoms with Crippen LogP contribution in [0.1, 0.15) is 58.2 Å². The lowest BCUT2D eigenvalue weighted by Gasteiger charge is -2.39. The molecule has 1 N–H and O–H groups in total. The summed E-state index contributed by atoms with van der Waals surface area (Å²) in [5.74, 6) is 0.157. The van der Waals surface area contributed by atoms with Crippen LogP contribution >= 0.6 is 11.3 Å². The zero-order valence-electron chi connectivity index (χ0n) is 15.6. The molecule has 0 aromatic carbocycles. The molecule has 1 aliphatic rings. The standard InChI is InChI=1S/C18H31N3O2S/c1-6-20(7-2)12-15-19-14(13-24-15)18(23)8-10-21(11-9-18)16(22)17(3,4)5/h13,23H,6-12H2,1-5H3. The fourth-order valence-corrected chi connectivity index (χ4v) is 3.97. The molecule has 24 heavy (non-hydrogen) atoms. The van der Waals surface area contributed by atoms with E-state index in [1.54, 1.807) is 11.3 Å². The average molecular weight is 354 g/mol. The summed E-state index contributed by atoms with van der Waals surface area (Å²) in [5, 5.41) is 14.0. The lowest BCUT2D eigenvalue weighted by molar-refractivity contribution is -0.144. The third-order valence-corrected chi connectivity index (χ3v) is 5.63. The number of hydrogen-bond acceptors (Lipinski definition) is 5. The van der Waals surface area contributed by atoms with E-state index in [0.717, 1.165) is 30.3 Å². The molecule has 2 heterocycles. The lowest BCUT2D eigenvalue weighted by Crippen LogP contribution is -2.48. The Bertz CT molecular complexity index is 553. The molecule has 0 saturated carbocycles. The van der Waals surface area contributed by atoms with E-state index >= 15 is 0 Å². The van der Waals surface area contributed by atoms with Crippen molar-refractivity contribution in [3.05, 3.63) is 16.1 Å². The van der Waals surface area contributed by atoms with Gasteiger partial charge in [0.15, 0.2) is 0 Å². The molecular weight excluding hydrogens is 322 g/mol. The van der Waals surface area contributed by atoms with Crippen molar-refractivity contribution >= 4 is 17.2 Å². The van der Waals surface area contributed by atoms with Gasteiger partial charge in [-0.3, -0.25) is 9.69 Å². The zero-order chi connectivity index (χ0) is 18.0. The van der Waals surface area contributed by atoms with Crippen LogP contribution in [0.4, 0.5) is 0 Å². The molecule has 0 bridgehead atoms. The van der Waals surface area contributed by atoms with E-state index in [9.17, 15) is 9.90 Å². The molecule has 0 aliphatic carbocycles. The number of amides is 1. The summed E-state index contributed by atoms with van der Waals surface area (Å²) in [6.07, 6.45) is 1.12. The SMILES string of the molecule is CCN(CC)Cc1nc(C2(O)CCN(C(=O)C(C)(C)C)CC2)cs1. The van der Waals surface area contributed by atoms with E-state index in [1.807, 2.05) is 31.1 Å². The van der Waals surface area contributed by atoms with Crippen LogP contribution in [0.2, 0.25) is 0 Å². The van der Waals surface area contributed by atoms with Gasteiger partial charge in [0.1, 0.15) is 10.6 Å². The molecule has 0 radical (unpaired) electrons. The predicted octanol–water partition coefficient (Wildman–Crippen LogP) is 2.84. The van der Waals surface area contributed by atoms with Gasteiger partial charge in [-0.2, -0.15) is 0 Å². The summed E-state index contributed by atoms with van der Waals surface area (Å²) in [6, 6.07) is 0. The number of carbonyl (C=O) groups excluding carboxylic acids is 1. The van der Waals surface area contributed by atoms with Gasteiger partial charge in [-0.05, 0) is 25.9 Å². The Morgan fingerprint density at radius 2 is 1.92 bits per heavy atom. The van der Waals surface area contributed by atoms with E-state index in [1.165, 1.54) is 0 Å². The van der Waals surface area contributed by atoms with Crippen LogP contribution < -0.4 is 0 Å². The maximum Gasteiger partial charge on any atom is 0.227 e. The van der Waals surface area contributed by atoms with Gasteiger partial charge >= 0.3 is 0 Å². The third kappa shape index (κ3) is 4.35. The van der Waals surface area contributed by atoms with Gasteiger partial charge < -0.3 is 10.0 Å². The molecule has 1 aromatic heterocycles. The second kappa shape index (κ2) is 7.50. The lowest BCUT2D eigenvalue weighted by atomic mass is 9.86. The number of thiazole rings is 1. The normalized spacial score (nSPS) is 18.2. The Hall–Kier alpha value is -0.980. The minimum atomic E-state index is -0.896. The number of hydrogen-bond donors (Lipinski definition) is 1. The second-order valence-electron chi connectivity index (χ2n) is 7.66. The minimum Gasteiger partial charge on any atom is -0.383 e. The molecule has 0 spiro atoms. The Morgan fingerprint density at radius 1 is 1.33 bits per heavy atom. The molecular formula is C18H31N3O2S. The average Bonchev–Trinajstić information content (AvgIpc) is 3.01. The van der Waals surface area contributed by atoms with Crippen molar-refractivity contribution in [2.45, 2.75) is 59.6 Å². The summed E-state index contributed by atoms with van der Waals surface area (Å²) < 4.78 is 0. The highest BCUT2D eigenvalue weighted by Crippen LogP contribution is 2.34. The van der Waals surface area contributed by atoms with Crippen LogP contribution in [0.3, 0.4) is 0 Å². The summed E-state index contributed by atoms with van der Waals surface area (Å²) in [5.41, 5.74) is -0.489. The summed E-state index contributed by atoms with van der Waals surface area (Å²) in [7, 11) is 0. The fraction of sp³-hybridized carbons (Fsp3) is 0.778. The van der Waals surface area contributed by atoms with E-state index < -0.39 is 5.60 Å². The molecule has 136 valence electrons. The number of aromatic nitrogens is 1. The van der Waals surface area contributed by atoms with Gasteiger partial charge in [-0.25, -0.2) is 4.98 Å². The molecule has 0 atom stereocenters. The summed E-state index contributed by atoms with van der Waals surface area (Å²) in [4.78, 5) is 21.3. The first-order chi connectivity index (χ1) is 11.2. The quantitative estimate of drug-likeness (QED) is 0.884. The molecule has 0 unspecified atom stereocenters. The van der Waals surface area contributed by atoms with Crippen LogP contribution in [0, 0.1) is 5.41 Å². The first kappa shape index (κ1) is 19.3. The van der Waals surface area contributed by atoms with E-state index in [-0.39, 0.29) is 11.3 Å². The van der Waals surface area contributed by atoms with Gasteiger partial charge in [0.2, 0.25) is 5.91 Å².